The maximum absolute atomic E-state index is 12.5. The number of hydrogen-bond acceptors (Lipinski definition) is 6. The number of nitrogens with zero attached hydrogens (tertiary/aromatic N) is 2. The first-order chi connectivity index (χ1) is 14.8. The van der Waals surface area contributed by atoms with E-state index < -0.39 is 33.0 Å². The van der Waals surface area contributed by atoms with Crippen molar-refractivity contribution in [1.29, 1.82) is 0 Å². The summed E-state index contributed by atoms with van der Waals surface area (Å²) >= 11 is -0.714. The second-order valence-corrected chi connectivity index (χ2v) is 13.3. The van der Waals surface area contributed by atoms with Crippen LogP contribution in [-0.2, 0) is 9.47 Å². The molecule has 1 saturated heterocycles. The molecule has 0 saturated carbocycles. The van der Waals surface area contributed by atoms with Gasteiger partial charge in [0.2, 0.25) is 0 Å². The van der Waals surface area contributed by atoms with Crippen molar-refractivity contribution in [3.63, 3.8) is 0 Å². The van der Waals surface area contributed by atoms with Crippen LogP contribution in [0.5, 0.6) is 0 Å². The van der Waals surface area contributed by atoms with Crippen molar-refractivity contribution in [2.24, 2.45) is 0 Å². The fourth-order valence-corrected chi connectivity index (χ4v) is 6.26. The summed E-state index contributed by atoms with van der Waals surface area (Å²) in [6.45, 7) is 14.0. The number of rotatable bonds is 5. The molecule has 0 aliphatic carbocycles. The van der Waals surface area contributed by atoms with Crippen molar-refractivity contribution in [3.8, 4) is 0 Å². The van der Waals surface area contributed by atoms with Crippen molar-refractivity contribution in [3.05, 3.63) is 17.7 Å². The van der Waals surface area contributed by atoms with E-state index in [9.17, 15) is 14.4 Å². The van der Waals surface area contributed by atoms with E-state index in [1.54, 1.807) is 38.7 Å². The molecule has 1 aromatic heterocycles. The molecule has 2 rings (SSSR count). The molecule has 1 aromatic rings. The molecule has 2 atom stereocenters. The SMILES string of the molecule is CCC(=O)c1ccc([AsH]C2CCCN(C(=O)OC(C)(C)C)C2)nc1NC(=O)OC(C)(C)C. The number of carbonyl (C=O) groups is 3. The molecule has 0 spiro atoms. The third-order valence-corrected chi connectivity index (χ3v) is 7.61. The Balaban J connectivity index is 2.14. The third-order valence-electron chi connectivity index (χ3n) is 4.56. The van der Waals surface area contributed by atoms with Gasteiger partial charge in [0.25, 0.3) is 0 Å². The second-order valence-electron chi connectivity index (χ2n) is 9.91. The Morgan fingerprint density at radius 3 is 2.38 bits per heavy atom. The molecule has 9 heteroatoms. The number of amides is 2. The summed E-state index contributed by atoms with van der Waals surface area (Å²) in [5.41, 5.74) is -0.795. The van der Waals surface area contributed by atoms with Gasteiger partial charge in [0.1, 0.15) is 0 Å². The van der Waals surface area contributed by atoms with E-state index in [1.165, 1.54) is 0 Å². The number of aromatic nitrogens is 1. The number of Topliss-reactive ketones (excluding diaryl/α,β-unsaturated/α-hetero) is 1. The van der Waals surface area contributed by atoms with Crippen LogP contribution in [0.15, 0.2) is 12.1 Å². The second kappa shape index (κ2) is 10.7. The molecule has 1 aliphatic heterocycles. The Morgan fingerprint density at radius 2 is 1.78 bits per heavy atom. The van der Waals surface area contributed by atoms with Gasteiger partial charge in [-0.25, -0.2) is 0 Å². The van der Waals surface area contributed by atoms with Crippen LogP contribution in [-0.4, -0.2) is 67.9 Å². The molecular formula is C23H36AsN3O5. The number of ketones is 1. The maximum atomic E-state index is 12.5. The van der Waals surface area contributed by atoms with Crippen LogP contribution in [0.25, 0.3) is 0 Å². The van der Waals surface area contributed by atoms with Crippen LogP contribution in [0, 0.1) is 0 Å². The zero-order valence-corrected chi connectivity index (χ0v) is 22.3. The van der Waals surface area contributed by atoms with Crippen molar-refractivity contribution in [2.45, 2.75) is 83.6 Å². The van der Waals surface area contributed by atoms with Crippen molar-refractivity contribution >= 4 is 44.0 Å². The molecule has 1 fully saturated rings. The van der Waals surface area contributed by atoms with Crippen LogP contribution in [0.3, 0.4) is 0 Å². The van der Waals surface area contributed by atoms with Crippen LogP contribution < -0.4 is 9.80 Å². The van der Waals surface area contributed by atoms with Gasteiger partial charge in [-0.3, -0.25) is 0 Å². The van der Waals surface area contributed by atoms with E-state index in [0.717, 1.165) is 17.3 Å². The Morgan fingerprint density at radius 1 is 1.12 bits per heavy atom. The summed E-state index contributed by atoms with van der Waals surface area (Å²) in [7, 11) is 0. The van der Waals surface area contributed by atoms with Gasteiger partial charge in [-0.1, -0.05) is 0 Å². The molecule has 0 bridgehead atoms. The van der Waals surface area contributed by atoms with Gasteiger partial charge in [0.15, 0.2) is 0 Å². The number of anilines is 1. The number of likely N-dealkylation sites (tertiary alicyclic amines) is 1. The number of nitrogens with one attached hydrogen (secondary N) is 1. The third kappa shape index (κ3) is 8.45. The first kappa shape index (κ1) is 26.2. The van der Waals surface area contributed by atoms with Crippen LogP contribution >= 0.6 is 0 Å². The quantitative estimate of drug-likeness (QED) is 0.478. The van der Waals surface area contributed by atoms with Crippen LogP contribution in [0.2, 0.25) is 4.71 Å². The average Bonchev–Trinajstić information content (AvgIpc) is 2.65. The van der Waals surface area contributed by atoms with Gasteiger partial charge >= 0.3 is 198 Å². The average molecular weight is 509 g/mol. The molecule has 8 nitrogen and oxygen atoms in total. The van der Waals surface area contributed by atoms with E-state index in [0.29, 0.717) is 29.8 Å². The van der Waals surface area contributed by atoms with Gasteiger partial charge < -0.3 is 0 Å². The Hall–Kier alpha value is -2.08. The van der Waals surface area contributed by atoms with E-state index in [-0.39, 0.29) is 17.7 Å². The molecule has 2 heterocycles. The zero-order valence-electron chi connectivity index (χ0n) is 20.2. The first-order valence-electron chi connectivity index (χ1n) is 11.1. The van der Waals surface area contributed by atoms with Crippen molar-refractivity contribution < 1.29 is 23.9 Å². The van der Waals surface area contributed by atoms with Gasteiger partial charge in [-0.15, -0.1) is 0 Å². The molecule has 178 valence electrons. The molecule has 2 unspecified atom stereocenters. The van der Waals surface area contributed by atoms with Crippen LogP contribution in [0.4, 0.5) is 15.4 Å². The molecule has 32 heavy (non-hydrogen) atoms. The minimum absolute atomic E-state index is 0.0936. The van der Waals surface area contributed by atoms with Gasteiger partial charge in [0, 0.05) is 0 Å². The Kier molecular flexibility index (Phi) is 8.74. The predicted octanol–water partition coefficient (Wildman–Crippen LogP) is 3.90. The summed E-state index contributed by atoms with van der Waals surface area (Å²) in [4.78, 5) is 43.5. The number of ether oxygens (including phenoxy) is 2. The van der Waals surface area contributed by atoms with Crippen molar-refractivity contribution in [2.75, 3.05) is 18.4 Å². The minimum atomic E-state index is -0.714. The van der Waals surface area contributed by atoms with Crippen LogP contribution in [0.1, 0.15) is 78.1 Å². The summed E-state index contributed by atoms with van der Waals surface area (Å²) in [6.07, 6.45) is 1.33. The summed E-state index contributed by atoms with van der Waals surface area (Å²) in [5, 5.41) is 2.66. The molecule has 1 N–H and O–H groups in total. The number of hydrogen-bond donors (Lipinski definition) is 1. The zero-order chi connectivity index (χ0) is 24.1. The number of carbonyl (C=O) groups excluding carboxylic acids is 3. The summed E-state index contributed by atoms with van der Waals surface area (Å²) in [6, 6.07) is 3.61. The van der Waals surface area contributed by atoms with Crippen molar-refractivity contribution in [1.82, 2.24) is 9.88 Å². The Bertz CT molecular complexity index is 845. The molecule has 0 radical (unpaired) electrons. The number of piperidine rings is 1. The topological polar surface area (TPSA) is 97.8 Å². The van der Waals surface area contributed by atoms with Gasteiger partial charge in [-0.05, 0) is 0 Å². The normalized spacial score (nSPS) is 17.3. The number of pyridine rings is 1. The summed E-state index contributed by atoms with van der Waals surface area (Å²) < 4.78 is 12.1. The first-order valence-corrected chi connectivity index (χ1v) is 13.3. The monoisotopic (exact) mass is 509 g/mol. The molecule has 1 aliphatic rings. The van der Waals surface area contributed by atoms with Gasteiger partial charge in [0.05, 0.1) is 0 Å². The standard InChI is InChI=1S/C23H36AsN3O5/c1-8-17(28)16-11-12-18(25-19(16)26-20(29)31-22(2,3)4)24-15-10-9-13-27(14-15)21(30)32-23(5,6)7/h11-12,15,24H,8-10,13-14H2,1-7H3,(H,25,26,29). The predicted molar refractivity (Wildman–Crippen MR) is 126 cm³/mol. The van der Waals surface area contributed by atoms with E-state index in [2.05, 4.69) is 10.3 Å². The fraction of sp³-hybridized carbons (Fsp3) is 0.652. The fourth-order valence-electron chi connectivity index (χ4n) is 3.25. The molecule has 0 aromatic carbocycles. The van der Waals surface area contributed by atoms with Gasteiger partial charge in [-0.2, -0.15) is 0 Å². The summed E-state index contributed by atoms with van der Waals surface area (Å²) in [5.74, 6) is 0.149. The van der Waals surface area contributed by atoms with E-state index in [1.807, 2.05) is 26.8 Å². The molecular weight excluding hydrogens is 473 g/mol. The van der Waals surface area contributed by atoms with E-state index >= 15 is 0 Å². The molecule has 2 amide bonds. The Labute approximate surface area is 197 Å². The van der Waals surface area contributed by atoms with E-state index in [4.69, 9.17) is 9.47 Å².